The van der Waals surface area contributed by atoms with Crippen molar-refractivity contribution in [2.24, 2.45) is 7.05 Å². The van der Waals surface area contributed by atoms with Crippen molar-refractivity contribution in [3.63, 3.8) is 0 Å². The number of nitrogens with zero attached hydrogens (tertiary/aromatic N) is 3. The number of hydrogen-bond acceptors (Lipinski definition) is 3. The smallest absolute Gasteiger partial charge is 0.146 e. The lowest BCUT2D eigenvalue weighted by Gasteiger charge is -2.08. The normalized spacial score (nSPS) is 12.0. The van der Waals surface area contributed by atoms with E-state index in [0.29, 0.717) is 5.92 Å². The molecule has 0 saturated carbocycles. The molecule has 3 aromatic heterocycles. The first-order valence-electron chi connectivity index (χ1n) is 8.87. The summed E-state index contributed by atoms with van der Waals surface area (Å²) in [5.74, 6) is 1.24. The minimum absolute atomic E-state index is 0.337. The maximum Gasteiger partial charge on any atom is 0.146 e. The highest BCUT2D eigenvalue weighted by Crippen LogP contribution is 2.36. The third kappa shape index (κ3) is 2.02. The van der Waals surface area contributed by atoms with Gasteiger partial charge in [0.15, 0.2) is 0 Å². The van der Waals surface area contributed by atoms with Gasteiger partial charge in [0.1, 0.15) is 17.0 Å². The lowest BCUT2D eigenvalue weighted by molar-refractivity contribution is 0.669. The van der Waals surface area contributed by atoms with Crippen molar-refractivity contribution in [3.05, 3.63) is 60.4 Å². The molecular formula is C22H19N3O. The zero-order valence-electron chi connectivity index (χ0n) is 15.0. The molecule has 0 atom stereocenters. The number of hydrogen-bond donors (Lipinski definition) is 0. The van der Waals surface area contributed by atoms with E-state index in [9.17, 15) is 0 Å². The lowest BCUT2D eigenvalue weighted by atomic mass is 10.1. The molecule has 5 aromatic rings. The second-order valence-corrected chi connectivity index (χ2v) is 6.99. The Bertz CT molecular complexity index is 1280. The van der Waals surface area contributed by atoms with Crippen molar-refractivity contribution in [3.8, 4) is 11.4 Å². The molecule has 0 unspecified atom stereocenters. The Kier molecular flexibility index (Phi) is 3.16. The number of rotatable bonds is 2. The van der Waals surface area contributed by atoms with Crippen molar-refractivity contribution in [1.29, 1.82) is 0 Å². The van der Waals surface area contributed by atoms with Gasteiger partial charge in [0.25, 0.3) is 0 Å². The molecule has 4 nitrogen and oxygen atoms in total. The molecule has 0 bridgehead atoms. The number of pyridine rings is 1. The molecule has 128 valence electrons. The zero-order valence-corrected chi connectivity index (χ0v) is 15.0. The third-order valence-corrected chi connectivity index (χ3v) is 5.00. The Morgan fingerprint density at radius 1 is 0.962 bits per heavy atom. The summed E-state index contributed by atoms with van der Waals surface area (Å²) >= 11 is 0. The molecule has 0 saturated heterocycles. The van der Waals surface area contributed by atoms with Gasteiger partial charge in [-0.2, -0.15) is 0 Å². The van der Waals surface area contributed by atoms with E-state index in [1.807, 2.05) is 30.5 Å². The Morgan fingerprint density at radius 3 is 2.62 bits per heavy atom. The van der Waals surface area contributed by atoms with Gasteiger partial charge in [-0.1, -0.05) is 44.2 Å². The maximum absolute atomic E-state index is 6.20. The van der Waals surface area contributed by atoms with Crippen molar-refractivity contribution >= 4 is 33.0 Å². The van der Waals surface area contributed by atoms with Crippen LogP contribution < -0.4 is 0 Å². The SMILES string of the molecule is CC(C)c1nccc2nc(-c3cccc4c3oc3ccccc34)n(C)c12. The molecule has 3 heterocycles. The van der Waals surface area contributed by atoms with Crippen LogP contribution in [0.1, 0.15) is 25.5 Å². The summed E-state index contributed by atoms with van der Waals surface area (Å²) in [6.07, 6.45) is 1.84. The fraction of sp³-hybridized carbons (Fsp3) is 0.182. The summed E-state index contributed by atoms with van der Waals surface area (Å²) in [5.41, 5.74) is 5.91. The Labute approximate surface area is 151 Å². The molecule has 0 amide bonds. The molecule has 0 aliphatic carbocycles. The van der Waals surface area contributed by atoms with Crippen molar-refractivity contribution in [1.82, 2.24) is 14.5 Å². The quantitative estimate of drug-likeness (QED) is 0.416. The summed E-state index contributed by atoms with van der Waals surface area (Å²) in [5, 5.41) is 2.25. The molecule has 4 heteroatoms. The summed E-state index contributed by atoms with van der Waals surface area (Å²) in [6.45, 7) is 4.32. The number of aromatic nitrogens is 3. The van der Waals surface area contributed by atoms with E-state index < -0.39 is 0 Å². The molecule has 2 aromatic carbocycles. The van der Waals surface area contributed by atoms with Gasteiger partial charge in [-0.05, 0) is 24.1 Å². The summed E-state index contributed by atoms with van der Waals surface area (Å²) in [7, 11) is 2.06. The first kappa shape index (κ1) is 15.1. The van der Waals surface area contributed by atoms with Crippen LogP contribution in [0.25, 0.3) is 44.4 Å². The molecule has 0 spiro atoms. The van der Waals surface area contributed by atoms with Crippen LogP contribution in [-0.2, 0) is 7.05 Å². The van der Waals surface area contributed by atoms with Crippen LogP contribution in [0, 0.1) is 0 Å². The predicted octanol–water partition coefficient (Wildman–Crippen LogP) is 5.66. The summed E-state index contributed by atoms with van der Waals surface area (Å²) < 4.78 is 8.34. The first-order valence-corrected chi connectivity index (χ1v) is 8.87. The Balaban J connectivity index is 1.86. The zero-order chi connectivity index (χ0) is 17.8. The minimum atomic E-state index is 0.337. The molecule has 0 aliphatic rings. The van der Waals surface area contributed by atoms with Crippen LogP contribution in [0.3, 0.4) is 0 Å². The molecular weight excluding hydrogens is 322 g/mol. The third-order valence-electron chi connectivity index (χ3n) is 5.00. The number of benzene rings is 2. The van der Waals surface area contributed by atoms with E-state index >= 15 is 0 Å². The number of furan rings is 1. The molecule has 5 rings (SSSR count). The van der Waals surface area contributed by atoms with Crippen LogP contribution in [-0.4, -0.2) is 14.5 Å². The summed E-state index contributed by atoms with van der Waals surface area (Å²) in [4.78, 5) is 9.50. The fourth-order valence-electron chi connectivity index (χ4n) is 3.77. The lowest BCUT2D eigenvalue weighted by Crippen LogP contribution is -1.99. The molecule has 0 aliphatic heterocycles. The number of imidazole rings is 1. The predicted molar refractivity (Wildman–Crippen MR) is 105 cm³/mol. The highest BCUT2D eigenvalue weighted by Gasteiger charge is 2.19. The van der Waals surface area contributed by atoms with Crippen molar-refractivity contribution in [2.75, 3.05) is 0 Å². The first-order chi connectivity index (χ1) is 12.6. The number of aryl methyl sites for hydroxylation is 1. The van der Waals surface area contributed by atoms with E-state index in [0.717, 1.165) is 50.1 Å². The maximum atomic E-state index is 6.20. The van der Waals surface area contributed by atoms with Crippen LogP contribution >= 0.6 is 0 Å². The molecule has 0 N–H and O–H groups in total. The van der Waals surface area contributed by atoms with Gasteiger partial charge in [-0.3, -0.25) is 4.98 Å². The standard InChI is InChI=1S/C22H19N3O/c1-13(2)19-20-17(11-12-23-19)24-22(25(20)3)16-9-6-8-15-14-7-4-5-10-18(14)26-21(15)16/h4-13H,1-3H3. The van der Waals surface area contributed by atoms with Crippen molar-refractivity contribution < 1.29 is 4.42 Å². The molecule has 0 fully saturated rings. The average Bonchev–Trinajstić information content (AvgIpc) is 3.19. The average molecular weight is 341 g/mol. The van der Waals surface area contributed by atoms with Gasteiger partial charge in [0.2, 0.25) is 0 Å². The van der Waals surface area contributed by atoms with Gasteiger partial charge < -0.3 is 8.98 Å². The van der Waals surface area contributed by atoms with E-state index in [-0.39, 0.29) is 0 Å². The van der Waals surface area contributed by atoms with Gasteiger partial charge in [0, 0.05) is 24.0 Å². The summed E-state index contributed by atoms with van der Waals surface area (Å²) in [6, 6.07) is 16.4. The molecule has 26 heavy (non-hydrogen) atoms. The van der Waals surface area contributed by atoms with Crippen LogP contribution in [0.4, 0.5) is 0 Å². The van der Waals surface area contributed by atoms with Crippen molar-refractivity contribution in [2.45, 2.75) is 19.8 Å². The van der Waals surface area contributed by atoms with E-state index in [1.165, 1.54) is 0 Å². The topological polar surface area (TPSA) is 43.9 Å². The Morgan fingerprint density at radius 2 is 1.77 bits per heavy atom. The second kappa shape index (κ2) is 5.43. The van der Waals surface area contributed by atoms with E-state index in [1.54, 1.807) is 0 Å². The minimum Gasteiger partial charge on any atom is -0.455 e. The number of para-hydroxylation sites is 2. The van der Waals surface area contributed by atoms with Gasteiger partial charge in [-0.15, -0.1) is 0 Å². The van der Waals surface area contributed by atoms with E-state index in [2.05, 4.69) is 54.7 Å². The van der Waals surface area contributed by atoms with E-state index in [4.69, 9.17) is 9.40 Å². The van der Waals surface area contributed by atoms with Gasteiger partial charge in [-0.25, -0.2) is 4.98 Å². The fourth-order valence-corrected chi connectivity index (χ4v) is 3.77. The van der Waals surface area contributed by atoms with Crippen LogP contribution in [0.15, 0.2) is 59.1 Å². The van der Waals surface area contributed by atoms with Crippen LogP contribution in [0.2, 0.25) is 0 Å². The highest BCUT2D eigenvalue weighted by molar-refractivity contribution is 6.09. The van der Waals surface area contributed by atoms with Gasteiger partial charge >= 0.3 is 0 Å². The highest BCUT2D eigenvalue weighted by atomic mass is 16.3. The van der Waals surface area contributed by atoms with Gasteiger partial charge in [0.05, 0.1) is 22.3 Å². The largest absolute Gasteiger partial charge is 0.455 e. The Hall–Kier alpha value is -3.14. The molecule has 0 radical (unpaired) electrons. The second-order valence-electron chi connectivity index (χ2n) is 6.99. The monoisotopic (exact) mass is 341 g/mol. The number of fused-ring (bicyclic) bond motifs is 4. The van der Waals surface area contributed by atoms with Crippen LogP contribution in [0.5, 0.6) is 0 Å².